The average molecular weight is 801 g/mol. The summed E-state index contributed by atoms with van der Waals surface area (Å²) in [6.45, 7) is 16.6. The van der Waals surface area contributed by atoms with Crippen molar-refractivity contribution in [2.24, 2.45) is 11.8 Å². The molecule has 3 aromatic carbocycles. The van der Waals surface area contributed by atoms with Crippen molar-refractivity contribution >= 4 is 34.3 Å². The van der Waals surface area contributed by atoms with Gasteiger partial charge in [0.25, 0.3) is 0 Å². The summed E-state index contributed by atoms with van der Waals surface area (Å²) in [4.78, 5) is 16.4. The van der Waals surface area contributed by atoms with Gasteiger partial charge in [0.2, 0.25) is 0 Å². The van der Waals surface area contributed by atoms with E-state index in [1.807, 2.05) is 70.9 Å². The molecule has 241 valence electrons. The van der Waals surface area contributed by atoms with E-state index < -0.39 is 7.14 Å². The van der Waals surface area contributed by atoms with E-state index >= 15 is 0 Å². The maximum absolute atomic E-state index is 13.9. The predicted molar refractivity (Wildman–Crippen MR) is 187 cm³/mol. The molecule has 4 nitrogen and oxygen atoms in total. The van der Waals surface area contributed by atoms with Gasteiger partial charge in [-0.05, 0) is 55.0 Å². The van der Waals surface area contributed by atoms with Crippen molar-refractivity contribution in [3.05, 3.63) is 90.3 Å². The van der Waals surface area contributed by atoms with Crippen molar-refractivity contribution in [1.29, 1.82) is 0 Å². The molecule has 1 radical (unpaired) electrons. The number of aromatic nitrogens is 1. The van der Waals surface area contributed by atoms with E-state index in [4.69, 9.17) is 4.98 Å². The van der Waals surface area contributed by atoms with E-state index in [0.717, 1.165) is 64.1 Å². The first-order valence-corrected chi connectivity index (χ1v) is 18.1. The molecular weight excluding hydrogens is 754 g/mol. The molecule has 2 heterocycles. The summed E-state index contributed by atoms with van der Waals surface area (Å²) in [5.74, 6) is 0.547. The second-order valence-corrected chi connectivity index (χ2v) is 15.7. The normalized spacial score (nSPS) is 15.7. The number of fused-ring (bicyclic) bond motifs is 4. The van der Waals surface area contributed by atoms with Crippen LogP contribution in [0.1, 0.15) is 79.7 Å². The van der Waals surface area contributed by atoms with Gasteiger partial charge in [-0.3, -0.25) is 9.78 Å². The SMILES string of the molecule is CC(C)(C)c1cc(-c2nccc3c2P(C)(=O)c2ccccc2-3)[c-]c2ccccc12.CCC(CC)C(=O)/C=C(\O)C(CC)CC.[Ir]. The molecule has 1 aromatic heterocycles. The van der Waals surface area contributed by atoms with Crippen LogP contribution in [0.5, 0.6) is 0 Å². The summed E-state index contributed by atoms with van der Waals surface area (Å²) in [5, 5.41) is 13.8. The molecule has 5 rings (SSSR count). The number of aliphatic hydroxyl groups excluding tert-OH is 1. The molecule has 0 bridgehead atoms. The number of allylic oxidation sites excluding steroid dienone is 2. The number of nitrogens with zero attached hydrogens (tertiary/aromatic N) is 1. The third-order valence-corrected chi connectivity index (χ3v) is 11.5. The Morgan fingerprint density at radius 2 is 1.51 bits per heavy atom. The van der Waals surface area contributed by atoms with Crippen LogP contribution in [0, 0.1) is 17.9 Å². The van der Waals surface area contributed by atoms with E-state index in [1.165, 1.54) is 17.0 Å². The third kappa shape index (κ3) is 7.60. The number of carbonyl (C=O) groups excluding carboxylic acids is 1. The number of ketones is 1. The Hall–Kier alpha value is -2.84. The van der Waals surface area contributed by atoms with Gasteiger partial charge in [0, 0.05) is 60.5 Å². The van der Waals surface area contributed by atoms with Crippen molar-refractivity contribution in [1.82, 2.24) is 4.98 Å². The minimum absolute atomic E-state index is 0. The molecular formula is C39H47IrNO3P-. The van der Waals surface area contributed by atoms with Crippen molar-refractivity contribution in [3.63, 3.8) is 0 Å². The van der Waals surface area contributed by atoms with Gasteiger partial charge in [0.05, 0.1) is 5.76 Å². The van der Waals surface area contributed by atoms with Gasteiger partial charge in [-0.15, -0.1) is 29.1 Å². The molecule has 0 saturated heterocycles. The predicted octanol–water partition coefficient (Wildman–Crippen LogP) is 9.79. The number of hydrogen-bond donors (Lipinski definition) is 1. The number of pyridine rings is 1. The number of carbonyl (C=O) groups is 1. The van der Waals surface area contributed by atoms with Crippen molar-refractivity contribution in [3.8, 4) is 22.4 Å². The number of benzene rings is 3. The van der Waals surface area contributed by atoms with Gasteiger partial charge >= 0.3 is 0 Å². The Balaban J connectivity index is 0.000000297. The Morgan fingerprint density at radius 3 is 2.13 bits per heavy atom. The smallest absolute Gasteiger partial charge is 0.162 e. The van der Waals surface area contributed by atoms with Crippen LogP contribution in [-0.2, 0) is 34.9 Å². The van der Waals surface area contributed by atoms with Gasteiger partial charge in [-0.1, -0.05) is 102 Å². The Morgan fingerprint density at radius 1 is 0.911 bits per heavy atom. The molecule has 1 atom stereocenters. The van der Waals surface area contributed by atoms with Gasteiger partial charge in [-0.2, -0.15) is 0 Å². The first-order valence-electron chi connectivity index (χ1n) is 16.0. The average Bonchev–Trinajstić information content (AvgIpc) is 3.24. The van der Waals surface area contributed by atoms with Gasteiger partial charge in [0.1, 0.15) is 7.14 Å². The Bertz CT molecular complexity index is 1730. The molecule has 1 N–H and O–H groups in total. The van der Waals surface area contributed by atoms with E-state index in [-0.39, 0.29) is 48.9 Å². The fourth-order valence-corrected chi connectivity index (χ4v) is 8.76. The molecule has 1 aliphatic heterocycles. The fourth-order valence-electron chi connectivity index (χ4n) is 6.25. The van der Waals surface area contributed by atoms with Crippen LogP contribution in [0.4, 0.5) is 0 Å². The molecule has 0 spiro atoms. The molecule has 0 aliphatic carbocycles. The fraction of sp³-hybridized carbons (Fsp3) is 0.385. The van der Waals surface area contributed by atoms with E-state index in [2.05, 4.69) is 57.2 Å². The first-order chi connectivity index (χ1) is 20.9. The van der Waals surface area contributed by atoms with Crippen LogP contribution in [-0.4, -0.2) is 22.5 Å². The molecule has 0 amide bonds. The van der Waals surface area contributed by atoms with Crippen LogP contribution in [0.3, 0.4) is 0 Å². The van der Waals surface area contributed by atoms with Crippen LogP contribution in [0.25, 0.3) is 33.2 Å². The molecule has 1 unspecified atom stereocenters. The van der Waals surface area contributed by atoms with E-state index in [9.17, 15) is 14.5 Å². The quantitative estimate of drug-likeness (QED) is 0.0835. The van der Waals surface area contributed by atoms with Crippen molar-refractivity contribution in [2.45, 2.75) is 79.6 Å². The summed E-state index contributed by atoms with van der Waals surface area (Å²) >= 11 is 0. The zero-order valence-electron chi connectivity index (χ0n) is 27.9. The summed E-state index contributed by atoms with van der Waals surface area (Å²) in [7, 11) is -2.72. The van der Waals surface area contributed by atoms with Crippen molar-refractivity contribution < 1.29 is 34.6 Å². The van der Waals surface area contributed by atoms with Gasteiger partial charge < -0.3 is 9.67 Å². The second kappa shape index (κ2) is 15.2. The van der Waals surface area contributed by atoms with Gasteiger partial charge in [-0.25, -0.2) is 0 Å². The molecule has 4 aromatic rings. The van der Waals surface area contributed by atoms with Crippen molar-refractivity contribution in [2.75, 3.05) is 6.66 Å². The minimum Gasteiger partial charge on any atom is -0.512 e. The standard InChI is InChI=1S/C26H23NOP.C13H24O2.Ir/c1-26(2,3)22-16-18(15-17-9-5-6-10-19(17)22)24-25-21(13-14-27-24)20-11-7-8-12-23(20)29(25,4)28;1-5-10(6-2)12(14)9-13(15)11(7-3)8-4;/h5-14,16H,1-4H3;9-11,14H,5-8H2,1-4H3;/q-1;;/b;12-9-;. The molecule has 0 fully saturated rings. The monoisotopic (exact) mass is 801 g/mol. The first kappa shape index (κ1) is 36.6. The zero-order valence-corrected chi connectivity index (χ0v) is 31.2. The Kier molecular flexibility index (Phi) is 12.3. The number of hydrogen-bond acceptors (Lipinski definition) is 4. The summed E-state index contributed by atoms with van der Waals surface area (Å²) < 4.78 is 13.9. The van der Waals surface area contributed by atoms with Crippen LogP contribution in [0.2, 0.25) is 0 Å². The van der Waals surface area contributed by atoms with Gasteiger partial charge in [0.15, 0.2) is 5.78 Å². The summed E-state index contributed by atoms with van der Waals surface area (Å²) in [6.07, 6.45) is 6.74. The molecule has 1 aliphatic rings. The minimum atomic E-state index is -2.72. The van der Waals surface area contributed by atoms with Crippen LogP contribution < -0.4 is 10.6 Å². The maximum atomic E-state index is 13.9. The molecule has 6 heteroatoms. The van der Waals surface area contributed by atoms with Crippen LogP contribution >= 0.6 is 7.14 Å². The molecule has 45 heavy (non-hydrogen) atoms. The summed E-state index contributed by atoms with van der Waals surface area (Å²) in [5.41, 5.74) is 5.04. The maximum Gasteiger partial charge on any atom is 0.162 e. The summed E-state index contributed by atoms with van der Waals surface area (Å²) in [6, 6.07) is 24.1. The topological polar surface area (TPSA) is 67.3 Å². The number of aliphatic hydroxyl groups is 1. The largest absolute Gasteiger partial charge is 0.512 e. The zero-order chi connectivity index (χ0) is 32.2. The second-order valence-electron chi connectivity index (χ2n) is 12.9. The molecule has 0 saturated carbocycles. The van der Waals surface area contributed by atoms with E-state index in [1.54, 1.807) is 0 Å². The van der Waals surface area contributed by atoms with E-state index in [0.29, 0.717) is 0 Å². The number of rotatable bonds is 8. The Labute approximate surface area is 283 Å². The van der Waals surface area contributed by atoms with Crippen LogP contribution in [0.15, 0.2) is 78.7 Å². The third-order valence-electron chi connectivity index (χ3n) is 8.93.